The lowest BCUT2D eigenvalue weighted by molar-refractivity contribution is 1.07. The van der Waals surface area contributed by atoms with Crippen LogP contribution in [0.2, 0.25) is 0 Å². The standard InChI is InChI=1S/C14H12N4S2/c1-9-7-20-14-15-10(6-18(9)14)8-19-13-16-11-4-2-3-5-12(11)17-13/h2-7H,8H2,1H3,(H,16,17). The molecule has 0 spiro atoms. The van der Waals surface area contributed by atoms with Crippen molar-refractivity contribution in [3.63, 3.8) is 0 Å². The summed E-state index contributed by atoms with van der Waals surface area (Å²) >= 11 is 3.37. The Balaban J connectivity index is 1.57. The second kappa shape index (κ2) is 4.64. The summed E-state index contributed by atoms with van der Waals surface area (Å²) in [6.45, 7) is 2.10. The minimum absolute atomic E-state index is 0.827. The molecule has 6 heteroatoms. The fourth-order valence-electron chi connectivity index (χ4n) is 2.15. The van der Waals surface area contributed by atoms with Crippen LogP contribution in [0.3, 0.4) is 0 Å². The normalized spacial score (nSPS) is 11.7. The van der Waals surface area contributed by atoms with Crippen molar-refractivity contribution >= 4 is 39.1 Å². The van der Waals surface area contributed by atoms with Crippen LogP contribution in [0.1, 0.15) is 11.4 Å². The van der Waals surface area contributed by atoms with E-state index in [1.807, 2.05) is 24.3 Å². The third-order valence-electron chi connectivity index (χ3n) is 3.16. The summed E-state index contributed by atoms with van der Waals surface area (Å²) in [7, 11) is 0. The van der Waals surface area contributed by atoms with E-state index in [0.717, 1.165) is 32.6 Å². The number of H-pyrrole nitrogens is 1. The Morgan fingerprint density at radius 2 is 2.20 bits per heavy atom. The molecular weight excluding hydrogens is 288 g/mol. The topological polar surface area (TPSA) is 46.0 Å². The minimum atomic E-state index is 0.827. The monoisotopic (exact) mass is 300 g/mol. The molecule has 0 aliphatic carbocycles. The first-order valence-corrected chi connectivity index (χ1v) is 8.16. The number of aryl methyl sites for hydroxylation is 1. The number of aromatic amines is 1. The van der Waals surface area contributed by atoms with Gasteiger partial charge in [0, 0.05) is 23.0 Å². The van der Waals surface area contributed by atoms with Gasteiger partial charge < -0.3 is 4.98 Å². The number of fused-ring (bicyclic) bond motifs is 2. The van der Waals surface area contributed by atoms with E-state index < -0.39 is 0 Å². The Hall–Kier alpha value is -1.79. The van der Waals surface area contributed by atoms with Crippen molar-refractivity contribution in [2.24, 2.45) is 0 Å². The number of hydrogen-bond donors (Lipinski definition) is 1. The van der Waals surface area contributed by atoms with Gasteiger partial charge in [-0.25, -0.2) is 9.97 Å². The van der Waals surface area contributed by atoms with Crippen molar-refractivity contribution in [3.05, 3.63) is 47.2 Å². The molecule has 0 amide bonds. The van der Waals surface area contributed by atoms with Crippen LogP contribution in [0.25, 0.3) is 16.0 Å². The van der Waals surface area contributed by atoms with Gasteiger partial charge in [0.1, 0.15) is 0 Å². The lowest BCUT2D eigenvalue weighted by Gasteiger charge is -1.93. The third-order valence-corrected chi connectivity index (χ3v) is 5.03. The number of rotatable bonds is 3. The molecule has 0 atom stereocenters. The van der Waals surface area contributed by atoms with Gasteiger partial charge in [0.25, 0.3) is 0 Å². The van der Waals surface area contributed by atoms with Crippen LogP contribution in [0.15, 0.2) is 41.0 Å². The molecule has 0 saturated carbocycles. The highest BCUT2D eigenvalue weighted by molar-refractivity contribution is 7.98. The number of nitrogens with zero attached hydrogens (tertiary/aromatic N) is 3. The summed E-state index contributed by atoms with van der Waals surface area (Å²) in [4.78, 5) is 13.6. The predicted octanol–water partition coefficient (Wildman–Crippen LogP) is 3.87. The first-order valence-electron chi connectivity index (χ1n) is 6.29. The fourth-order valence-corrected chi connectivity index (χ4v) is 3.79. The van der Waals surface area contributed by atoms with Gasteiger partial charge in [-0.05, 0) is 19.1 Å². The van der Waals surface area contributed by atoms with Crippen LogP contribution < -0.4 is 0 Å². The van der Waals surface area contributed by atoms with Crippen LogP contribution in [-0.4, -0.2) is 19.4 Å². The molecule has 4 nitrogen and oxygen atoms in total. The van der Waals surface area contributed by atoms with Gasteiger partial charge in [0.2, 0.25) is 0 Å². The fraction of sp³-hybridized carbons (Fsp3) is 0.143. The minimum Gasteiger partial charge on any atom is -0.333 e. The zero-order chi connectivity index (χ0) is 13.5. The Kier molecular flexibility index (Phi) is 2.78. The van der Waals surface area contributed by atoms with Gasteiger partial charge in [-0.15, -0.1) is 11.3 Å². The second-order valence-electron chi connectivity index (χ2n) is 4.61. The van der Waals surface area contributed by atoms with E-state index in [2.05, 4.69) is 37.9 Å². The first kappa shape index (κ1) is 12.0. The average Bonchev–Trinajstić information content (AvgIpc) is 3.12. The van der Waals surface area contributed by atoms with Gasteiger partial charge in [-0.1, -0.05) is 23.9 Å². The molecule has 0 aliphatic heterocycles. The number of thioether (sulfide) groups is 1. The highest BCUT2D eigenvalue weighted by atomic mass is 32.2. The number of hydrogen-bond acceptors (Lipinski definition) is 4. The van der Waals surface area contributed by atoms with Crippen molar-refractivity contribution in [2.45, 2.75) is 17.8 Å². The van der Waals surface area contributed by atoms with Crippen LogP contribution in [0, 0.1) is 6.92 Å². The van der Waals surface area contributed by atoms with E-state index in [0.29, 0.717) is 0 Å². The predicted molar refractivity (Wildman–Crippen MR) is 83.5 cm³/mol. The summed E-state index contributed by atoms with van der Waals surface area (Å²) in [5.74, 6) is 0.827. The van der Waals surface area contributed by atoms with Gasteiger partial charge in [-0.2, -0.15) is 0 Å². The maximum absolute atomic E-state index is 4.62. The van der Waals surface area contributed by atoms with E-state index in [4.69, 9.17) is 0 Å². The zero-order valence-corrected chi connectivity index (χ0v) is 12.5. The van der Waals surface area contributed by atoms with E-state index in [-0.39, 0.29) is 0 Å². The number of benzene rings is 1. The van der Waals surface area contributed by atoms with Gasteiger partial charge in [-0.3, -0.25) is 4.40 Å². The quantitative estimate of drug-likeness (QED) is 0.584. The molecule has 100 valence electrons. The number of nitrogens with one attached hydrogen (secondary N) is 1. The van der Waals surface area contributed by atoms with E-state index in [9.17, 15) is 0 Å². The van der Waals surface area contributed by atoms with Crippen molar-refractivity contribution < 1.29 is 0 Å². The molecule has 0 saturated heterocycles. The second-order valence-corrected chi connectivity index (χ2v) is 6.41. The van der Waals surface area contributed by atoms with Gasteiger partial charge >= 0.3 is 0 Å². The Morgan fingerprint density at radius 3 is 3.05 bits per heavy atom. The molecule has 1 N–H and O–H groups in total. The molecule has 1 aromatic carbocycles. The van der Waals surface area contributed by atoms with Crippen LogP contribution in [0.5, 0.6) is 0 Å². The molecule has 0 radical (unpaired) electrons. The lowest BCUT2D eigenvalue weighted by Crippen LogP contribution is -1.82. The summed E-state index contributed by atoms with van der Waals surface area (Å²) in [6, 6.07) is 8.08. The highest BCUT2D eigenvalue weighted by Crippen LogP contribution is 2.24. The van der Waals surface area contributed by atoms with Crippen molar-refractivity contribution in [3.8, 4) is 0 Å². The molecule has 3 aromatic heterocycles. The Morgan fingerprint density at radius 1 is 1.30 bits per heavy atom. The molecule has 0 bridgehead atoms. The Bertz CT molecular complexity index is 854. The summed E-state index contributed by atoms with van der Waals surface area (Å²) < 4.78 is 2.14. The van der Waals surface area contributed by atoms with E-state index >= 15 is 0 Å². The molecule has 0 fully saturated rings. The molecule has 4 aromatic rings. The first-order chi connectivity index (χ1) is 9.79. The molecular formula is C14H12N4S2. The maximum atomic E-state index is 4.62. The smallest absolute Gasteiger partial charge is 0.194 e. The lowest BCUT2D eigenvalue weighted by atomic mass is 10.3. The molecule has 0 aliphatic rings. The van der Waals surface area contributed by atoms with Crippen molar-refractivity contribution in [1.29, 1.82) is 0 Å². The molecule has 4 rings (SSSR count). The number of para-hydroxylation sites is 2. The third kappa shape index (κ3) is 2.01. The average molecular weight is 300 g/mol. The number of thiazole rings is 1. The zero-order valence-electron chi connectivity index (χ0n) is 10.8. The van der Waals surface area contributed by atoms with E-state index in [1.165, 1.54) is 5.69 Å². The van der Waals surface area contributed by atoms with E-state index in [1.54, 1.807) is 23.1 Å². The van der Waals surface area contributed by atoms with Crippen LogP contribution in [-0.2, 0) is 5.75 Å². The van der Waals surface area contributed by atoms with Crippen molar-refractivity contribution in [1.82, 2.24) is 19.4 Å². The van der Waals surface area contributed by atoms with Gasteiger partial charge in [0.05, 0.1) is 16.7 Å². The Labute approximate surface area is 123 Å². The molecule has 0 unspecified atom stereocenters. The van der Waals surface area contributed by atoms with Crippen molar-refractivity contribution in [2.75, 3.05) is 0 Å². The van der Waals surface area contributed by atoms with Gasteiger partial charge in [0.15, 0.2) is 10.1 Å². The highest BCUT2D eigenvalue weighted by Gasteiger charge is 2.08. The molecule has 3 heterocycles. The maximum Gasteiger partial charge on any atom is 0.194 e. The SMILES string of the molecule is Cc1csc2nc(CSc3nc4ccccc4[nH]3)cn12. The largest absolute Gasteiger partial charge is 0.333 e. The molecule has 20 heavy (non-hydrogen) atoms. The van der Waals surface area contributed by atoms with Crippen LogP contribution in [0.4, 0.5) is 0 Å². The van der Waals surface area contributed by atoms with Crippen LogP contribution >= 0.6 is 23.1 Å². The summed E-state index contributed by atoms with van der Waals surface area (Å²) in [5.41, 5.74) is 4.41. The summed E-state index contributed by atoms with van der Waals surface area (Å²) in [6.07, 6.45) is 2.11. The number of imidazole rings is 2. The summed E-state index contributed by atoms with van der Waals surface area (Å²) in [5, 5.41) is 3.07. The number of aromatic nitrogens is 4.